The van der Waals surface area contributed by atoms with E-state index in [9.17, 15) is 4.39 Å². The van der Waals surface area contributed by atoms with Crippen molar-refractivity contribution in [3.8, 4) is 17.3 Å². The van der Waals surface area contributed by atoms with Crippen molar-refractivity contribution in [3.05, 3.63) is 47.1 Å². The number of aromatic nitrogens is 7. The fraction of sp³-hybridized carbons (Fsp3) is 0.556. The molecular weight excluding hydrogens is 664 g/mol. The standard InChI is InChI=1S/C36H40ClF2N9O2/c1-21(12-28-46-42-20-50-28)11-23-26(37)13-27-24(17-41-45-27)29(23)32-30(39)31-25(16-40-32)33(47-8-2-5-35(18-47)14-22(38)15-35)44-34(43-31)49-19-36-6-3-9-48(36)10-4-7-36/h13,16-17,20-22H,2-12,14-15,18-19H2,1H3,(H,41,45). The molecule has 3 saturated heterocycles. The molecule has 1 aliphatic carbocycles. The number of aromatic amines is 1. The van der Waals surface area contributed by atoms with Crippen molar-refractivity contribution in [3.63, 3.8) is 0 Å². The molecular formula is C36H40ClF2N9O2. The van der Waals surface area contributed by atoms with E-state index in [1.165, 1.54) is 6.39 Å². The summed E-state index contributed by atoms with van der Waals surface area (Å²) in [5, 5.41) is 16.8. The molecule has 11 nitrogen and oxygen atoms in total. The Bertz CT molecular complexity index is 2040. The van der Waals surface area contributed by atoms with Crippen LogP contribution in [0.3, 0.4) is 0 Å². The lowest BCUT2D eigenvalue weighted by Gasteiger charge is -2.50. The van der Waals surface area contributed by atoms with Crippen molar-refractivity contribution in [2.45, 2.75) is 82.8 Å². The van der Waals surface area contributed by atoms with Gasteiger partial charge in [0, 0.05) is 41.7 Å². The molecule has 1 N–H and O–H groups in total. The number of ether oxygens (including phenoxy) is 1. The third kappa shape index (κ3) is 5.47. The maximum Gasteiger partial charge on any atom is 0.319 e. The van der Waals surface area contributed by atoms with Gasteiger partial charge in [-0.05, 0) is 93.8 Å². The van der Waals surface area contributed by atoms with E-state index in [2.05, 4.69) is 37.1 Å². The van der Waals surface area contributed by atoms with Gasteiger partial charge in [-0.15, -0.1) is 10.2 Å². The van der Waals surface area contributed by atoms with Crippen molar-refractivity contribution in [2.24, 2.45) is 11.3 Å². The Morgan fingerprint density at radius 3 is 2.68 bits per heavy atom. The number of nitrogens with zero attached hydrogens (tertiary/aromatic N) is 8. The third-order valence-corrected chi connectivity index (χ3v) is 12.0. The van der Waals surface area contributed by atoms with Crippen LogP contribution in [-0.4, -0.2) is 84.7 Å². The quantitative estimate of drug-likeness (QED) is 0.174. The van der Waals surface area contributed by atoms with E-state index in [0.717, 1.165) is 63.7 Å². The molecule has 0 bridgehead atoms. The minimum atomic E-state index is -0.765. The summed E-state index contributed by atoms with van der Waals surface area (Å²) < 4.78 is 43.3. The number of benzene rings is 1. The molecule has 1 aromatic carbocycles. The summed E-state index contributed by atoms with van der Waals surface area (Å²) in [5.74, 6) is 0.574. The van der Waals surface area contributed by atoms with Gasteiger partial charge in [0.25, 0.3) is 0 Å². The van der Waals surface area contributed by atoms with E-state index in [4.69, 9.17) is 35.7 Å². The van der Waals surface area contributed by atoms with Gasteiger partial charge in [0.05, 0.1) is 22.6 Å². The second-order valence-corrected chi connectivity index (χ2v) is 15.5. The van der Waals surface area contributed by atoms with E-state index in [-0.39, 0.29) is 34.1 Å². The number of halogens is 3. The molecule has 1 spiro atoms. The normalized spacial score (nSPS) is 23.9. The Morgan fingerprint density at radius 1 is 1.08 bits per heavy atom. The zero-order chi connectivity index (χ0) is 34.0. The average molecular weight is 704 g/mol. The second-order valence-electron chi connectivity index (χ2n) is 15.1. The van der Waals surface area contributed by atoms with E-state index in [1.807, 2.05) is 6.07 Å². The van der Waals surface area contributed by atoms with Crippen molar-refractivity contribution in [2.75, 3.05) is 37.7 Å². The van der Waals surface area contributed by atoms with Gasteiger partial charge in [-0.2, -0.15) is 15.1 Å². The Kier molecular flexibility index (Phi) is 7.91. The minimum absolute atomic E-state index is 0.0296. The van der Waals surface area contributed by atoms with Crippen LogP contribution in [0.1, 0.15) is 69.7 Å². The van der Waals surface area contributed by atoms with Crippen LogP contribution in [0.5, 0.6) is 6.01 Å². The summed E-state index contributed by atoms with van der Waals surface area (Å²) in [6.45, 7) is 6.05. The van der Waals surface area contributed by atoms with Gasteiger partial charge < -0.3 is 14.1 Å². The van der Waals surface area contributed by atoms with E-state index < -0.39 is 12.0 Å². The number of hydrogen-bond acceptors (Lipinski definition) is 10. The maximum atomic E-state index is 17.3. The summed E-state index contributed by atoms with van der Waals surface area (Å²) in [7, 11) is 0. The zero-order valence-corrected chi connectivity index (χ0v) is 28.9. The molecule has 7 heterocycles. The molecule has 9 rings (SSSR count). The number of rotatable bonds is 9. The highest BCUT2D eigenvalue weighted by Crippen LogP contribution is 2.50. The van der Waals surface area contributed by atoms with Gasteiger partial charge in [0.15, 0.2) is 5.82 Å². The van der Waals surface area contributed by atoms with E-state index in [1.54, 1.807) is 12.4 Å². The number of anilines is 1. The SMILES string of the molecule is CC(Cc1nnco1)Cc1c(Cl)cc2[nH]ncc2c1-c1ncc2c(N3CCCC4(CC(F)C4)C3)nc(OCC34CCCN3CCC4)nc2c1F. The molecule has 1 atom stereocenters. The predicted molar refractivity (Wildman–Crippen MR) is 185 cm³/mol. The number of piperidine rings is 1. The molecule has 1 unspecified atom stereocenters. The van der Waals surface area contributed by atoms with Crippen molar-refractivity contribution in [1.82, 2.24) is 40.2 Å². The second kappa shape index (κ2) is 12.4. The first-order valence-electron chi connectivity index (χ1n) is 17.8. The van der Waals surface area contributed by atoms with E-state index in [0.29, 0.717) is 77.4 Å². The fourth-order valence-corrected chi connectivity index (χ4v) is 9.62. The lowest BCUT2D eigenvalue weighted by molar-refractivity contribution is 0.0132. The summed E-state index contributed by atoms with van der Waals surface area (Å²) >= 11 is 6.93. The highest BCUT2D eigenvalue weighted by molar-refractivity contribution is 6.33. The molecule has 4 aromatic heterocycles. The molecule has 4 aliphatic rings. The predicted octanol–water partition coefficient (Wildman–Crippen LogP) is 6.89. The van der Waals surface area contributed by atoms with Crippen LogP contribution in [0.4, 0.5) is 14.6 Å². The Labute approximate surface area is 293 Å². The molecule has 5 aromatic rings. The van der Waals surface area contributed by atoms with Crippen molar-refractivity contribution in [1.29, 1.82) is 0 Å². The van der Waals surface area contributed by atoms with Crippen LogP contribution in [0.15, 0.2) is 29.3 Å². The molecule has 14 heteroatoms. The topological polar surface area (TPSA) is 122 Å². The number of H-pyrrole nitrogens is 1. The van der Waals surface area contributed by atoms with Gasteiger partial charge in [0.2, 0.25) is 12.3 Å². The molecule has 0 radical (unpaired) electrons. The van der Waals surface area contributed by atoms with Crippen LogP contribution in [0.2, 0.25) is 5.02 Å². The average Bonchev–Trinajstić information content (AvgIpc) is 3.90. The Morgan fingerprint density at radius 2 is 1.90 bits per heavy atom. The molecule has 1 saturated carbocycles. The molecule has 4 fully saturated rings. The van der Waals surface area contributed by atoms with Crippen LogP contribution in [0.25, 0.3) is 33.1 Å². The summed E-state index contributed by atoms with van der Waals surface area (Å²) in [5.41, 5.74) is 2.14. The largest absolute Gasteiger partial charge is 0.461 e. The van der Waals surface area contributed by atoms with E-state index >= 15 is 4.39 Å². The smallest absolute Gasteiger partial charge is 0.319 e. The Balaban J connectivity index is 1.15. The van der Waals surface area contributed by atoms with Crippen LogP contribution >= 0.6 is 11.6 Å². The number of nitrogens with one attached hydrogen (secondary N) is 1. The summed E-state index contributed by atoms with van der Waals surface area (Å²) in [4.78, 5) is 19.2. The molecule has 3 aliphatic heterocycles. The maximum absolute atomic E-state index is 17.3. The number of pyridine rings is 1. The first-order chi connectivity index (χ1) is 24.3. The lowest BCUT2D eigenvalue weighted by Crippen LogP contribution is -2.51. The molecule has 50 heavy (non-hydrogen) atoms. The summed E-state index contributed by atoms with van der Waals surface area (Å²) in [6.07, 6.45) is 12.3. The first-order valence-corrected chi connectivity index (χ1v) is 18.2. The van der Waals surface area contributed by atoms with Gasteiger partial charge >= 0.3 is 6.01 Å². The minimum Gasteiger partial charge on any atom is -0.461 e. The fourth-order valence-electron chi connectivity index (χ4n) is 9.34. The van der Waals surface area contributed by atoms with Gasteiger partial charge in [-0.1, -0.05) is 18.5 Å². The number of alkyl halides is 1. The van der Waals surface area contributed by atoms with Crippen LogP contribution < -0.4 is 9.64 Å². The van der Waals surface area contributed by atoms with Gasteiger partial charge in [-0.3, -0.25) is 15.0 Å². The van der Waals surface area contributed by atoms with Gasteiger partial charge in [-0.25, -0.2) is 8.78 Å². The van der Waals surface area contributed by atoms with Gasteiger partial charge in [0.1, 0.15) is 29.8 Å². The van der Waals surface area contributed by atoms with Crippen LogP contribution in [-0.2, 0) is 12.8 Å². The summed E-state index contributed by atoms with van der Waals surface area (Å²) in [6, 6.07) is 1.97. The first kappa shape index (κ1) is 32.0. The number of hydrogen-bond donors (Lipinski definition) is 1. The molecule has 262 valence electrons. The monoisotopic (exact) mass is 703 g/mol. The number of fused-ring (bicyclic) bond motifs is 3. The molecule has 0 amide bonds. The van der Waals surface area contributed by atoms with Crippen molar-refractivity contribution < 1.29 is 17.9 Å². The van der Waals surface area contributed by atoms with Crippen molar-refractivity contribution >= 4 is 39.2 Å². The highest BCUT2D eigenvalue weighted by atomic mass is 35.5. The third-order valence-electron chi connectivity index (χ3n) is 11.7. The van der Waals surface area contributed by atoms with Crippen LogP contribution in [0, 0.1) is 17.2 Å². The lowest BCUT2D eigenvalue weighted by atomic mass is 9.63. The Hall–Kier alpha value is -3.97. The zero-order valence-electron chi connectivity index (χ0n) is 28.1. The highest BCUT2D eigenvalue weighted by Gasteiger charge is 2.48.